The number of aliphatic imine (C=N–C) groups is 1. The highest BCUT2D eigenvalue weighted by atomic mass is 19.4. The summed E-state index contributed by atoms with van der Waals surface area (Å²) in [5, 5.41) is 2.91. The second-order valence-corrected chi connectivity index (χ2v) is 7.23. The van der Waals surface area contributed by atoms with E-state index in [1.165, 1.54) is 25.6 Å². The fourth-order valence-corrected chi connectivity index (χ4v) is 3.50. The molecule has 1 aromatic carbocycles. The zero-order chi connectivity index (χ0) is 23.8. The van der Waals surface area contributed by atoms with E-state index in [1.54, 1.807) is 6.07 Å². The van der Waals surface area contributed by atoms with Crippen molar-refractivity contribution in [2.45, 2.75) is 24.2 Å². The molecule has 0 aliphatic carbocycles. The number of pyridine rings is 1. The van der Waals surface area contributed by atoms with E-state index in [1.807, 2.05) is 0 Å². The summed E-state index contributed by atoms with van der Waals surface area (Å²) in [6, 6.07) is 4.18. The molecule has 1 aliphatic rings. The van der Waals surface area contributed by atoms with Gasteiger partial charge in [0.25, 0.3) is 6.02 Å². The third kappa shape index (κ3) is 4.30. The van der Waals surface area contributed by atoms with Crippen LogP contribution in [0.25, 0.3) is 11.0 Å². The number of methoxy groups -OCH3 is 1. The first-order valence-corrected chi connectivity index (χ1v) is 9.52. The minimum Gasteiger partial charge on any atom is -0.480 e. The Morgan fingerprint density at radius 1 is 1.27 bits per heavy atom. The summed E-state index contributed by atoms with van der Waals surface area (Å²) in [6.07, 6.45) is -5.44. The number of amidine groups is 1. The fourth-order valence-electron chi connectivity index (χ4n) is 3.50. The molecule has 0 unspecified atom stereocenters. The number of alkyl halides is 4. The largest absolute Gasteiger partial charge is 0.480 e. The molecule has 0 saturated carbocycles. The van der Waals surface area contributed by atoms with Crippen molar-refractivity contribution >= 4 is 28.6 Å². The van der Waals surface area contributed by atoms with E-state index >= 15 is 0 Å². The van der Waals surface area contributed by atoms with Crippen LogP contribution in [0.3, 0.4) is 0 Å². The number of hydrogen-bond acceptors (Lipinski definition) is 8. The number of hydrogen-bond donors (Lipinski definition) is 2. The minimum absolute atomic E-state index is 0.209. The number of anilines is 2. The molecule has 3 aromatic rings. The molecule has 4 rings (SSSR count). The van der Waals surface area contributed by atoms with Crippen LogP contribution in [-0.2, 0) is 10.3 Å². The van der Waals surface area contributed by atoms with Crippen molar-refractivity contribution in [2.75, 3.05) is 19.1 Å². The molecule has 3 N–H and O–H groups in total. The molecule has 174 valence electrons. The number of nitrogens with zero attached hydrogens (tertiary/aromatic N) is 4. The highest BCUT2D eigenvalue weighted by molar-refractivity contribution is 5.87. The Morgan fingerprint density at radius 2 is 2.06 bits per heavy atom. The second-order valence-electron chi connectivity index (χ2n) is 7.23. The summed E-state index contributed by atoms with van der Waals surface area (Å²) >= 11 is 0. The molecular formula is C20H17F5N6O2. The topological polar surface area (TPSA) is 108 Å². The predicted molar refractivity (Wildman–Crippen MR) is 108 cm³/mol. The molecular weight excluding hydrogens is 451 g/mol. The quantitative estimate of drug-likeness (QED) is 0.549. The number of ether oxygens (including phenoxy) is 2. The van der Waals surface area contributed by atoms with Crippen LogP contribution in [0.4, 0.5) is 33.5 Å². The lowest BCUT2D eigenvalue weighted by Crippen LogP contribution is -2.48. The molecule has 0 bridgehead atoms. The van der Waals surface area contributed by atoms with Crippen molar-refractivity contribution in [1.29, 1.82) is 0 Å². The molecule has 2 aromatic heterocycles. The van der Waals surface area contributed by atoms with Gasteiger partial charge in [-0.15, -0.1) is 0 Å². The number of fused-ring (bicyclic) bond motifs is 1. The third-order valence-electron chi connectivity index (χ3n) is 5.07. The molecule has 0 amide bonds. The number of aromatic nitrogens is 3. The van der Waals surface area contributed by atoms with Gasteiger partial charge in [0.15, 0.2) is 11.9 Å². The molecule has 0 spiro atoms. The number of nitrogens with two attached hydrogens (primary N) is 1. The lowest BCUT2D eigenvalue weighted by Gasteiger charge is -2.36. The highest BCUT2D eigenvalue weighted by Crippen LogP contribution is 2.42. The maximum absolute atomic E-state index is 14.7. The molecule has 0 fully saturated rings. The Labute approximate surface area is 183 Å². The molecule has 13 heteroatoms. The van der Waals surface area contributed by atoms with E-state index in [9.17, 15) is 22.0 Å². The van der Waals surface area contributed by atoms with E-state index in [4.69, 9.17) is 10.5 Å². The minimum atomic E-state index is -4.85. The van der Waals surface area contributed by atoms with Crippen LogP contribution in [-0.4, -0.2) is 47.0 Å². The van der Waals surface area contributed by atoms with Crippen LogP contribution in [0.2, 0.25) is 0 Å². The van der Waals surface area contributed by atoms with Gasteiger partial charge >= 0.3 is 6.18 Å². The second kappa shape index (κ2) is 8.30. The van der Waals surface area contributed by atoms with Gasteiger partial charge in [0.2, 0.25) is 5.88 Å². The summed E-state index contributed by atoms with van der Waals surface area (Å²) in [5.74, 6) is -0.437. The first-order valence-electron chi connectivity index (χ1n) is 9.52. The smallest absolute Gasteiger partial charge is 0.425 e. The van der Waals surface area contributed by atoms with E-state index in [0.29, 0.717) is 11.0 Å². The van der Waals surface area contributed by atoms with Crippen LogP contribution in [0.1, 0.15) is 12.0 Å². The van der Waals surface area contributed by atoms with Crippen molar-refractivity contribution < 1.29 is 31.4 Å². The number of rotatable bonds is 5. The van der Waals surface area contributed by atoms with Gasteiger partial charge in [-0.3, -0.25) is 0 Å². The van der Waals surface area contributed by atoms with Gasteiger partial charge < -0.3 is 20.5 Å². The van der Waals surface area contributed by atoms with Crippen molar-refractivity contribution in [3.63, 3.8) is 0 Å². The van der Waals surface area contributed by atoms with Crippen LogP contribution in [0.5, 0.6) is 5.88 Å². The summed E-state index contributed by atoms with van der Waals surface area (Å²) in [4.78, 5) is 16.4. The van der Waals surface area contributed by atoms with E-state index in [-0.39, 0.29) is 17.4 Å². The van der Waals surface area contributed by atoms with Gasteiger partial charge in [-0.25, -0.2) is 28.7 Å². The van der Waals surface area contributed by atoms with Crippen LogP contribution >= 0.6 is 0 Å². The lowest BCUT2D eigenvalue weighted by molar-refractivity contribution is -0.209. The van der Waals surface area contributed by atoms with E-state index in [2.05, 4.69) is 30.0 Å². The average Bonchev–Trinajstić information content (AvgIpc) is 2.79. The normalized spacial score (nSPS) is 20.8. The summed E-state index contributed by atoms with van der Waals surface area (Å²) in [6.45, 7) is -1.43. The molecule has 3 heterocycles. The van der Waals surface area contributed by atoms with Crippen molar-refractivity contribution in [2.24, 2.45) is 10.7 Å². The van der Waals surface area contributed by atoms with Crippen LogP contribution in [0.15, 0.2) is 41.7 Å². The molecule has 0 saturated heterocycles. The van der Waals surface area contributed by atoms with Gasteiger partial charge in [-0.05, 0) is 24.3 Å². The molecule has 1 aliphatic heterocycles. The monoisotopic (exact) mass is 468 g/mol. The zero-order valence-electron chi connectivity index (χ0n) is 17.0. The number of benzene rings is 1. The summed E-state index contributed by atoms with van der Waals surface area (Å²) in [7, 11) is 1.44. The fraction of sp³-hybridized carbons (Fsp3) is 0.300. The van der Waals surface area contributed by atoms with Gasteiger partial charge in [0.1, 0.15) is 23.5 Å². The predicted octanol–water partition coefficient (Wildman–Crippen LogP) is 3.75. The highest BCUT2D eigenvalue weighted by Gasteiger charge is 2.52. The number of nitrogens with one attached hydrogen (secondary N) is 1. The maximum atomic E-state index is 14.7. The Hall–Kier alpha value is -3.77. The molecule has 8 nitrogen and oxygen atoms in total. The average molecular weight is 468 g/mol. The first kappa shape index (κ1) is 22.4. The molecule has 33 heavy (non-hydrogen) atoms. The van der Waals surface area contributed by atoms with Crippen molar-refractivity contribution in [1.82, 2.24) is 15.0 Å². The Morgan fingerprint density at radius 3 is 2.76 bits per heavy atom. The van der Waals surface area contributed by atoms with Gasteiger partial charge in [-0.2, -0.15) is 13.2 Å². The molecule has 2 atom stereocenters. The van der Waals surface area contributed by atoms with Gasteiger partial charge in [0.05, 0.1) is 18.8 Å². The Bertz CT molecular complexity index is 1220. The standard InChI is InChI=1S/C20H17F5N6O2/c1-32-15-8-28-16-13(30-15)4-5-27-17(16)29-10-2-3-12(22)11(6-10)19(9-21)7-14(20(23,24)25)33-18(26)31-19/h2-6,8,14H,7,9H2,1H3,(H2,26,31)(H,27,29)/t14-,19+/m1/s1. The Balaban J connectivity index is 1.74. The van der Waals surface area contributed by atoms with E-state index in [0.717, 1.165) is 12.1 Å². The van der Waals surface area contributed by atoms with E-state index < -0.39 is 48.3 Å². The van der Waals surface area contributed by atoms with Crippen molar-refractivity contribution in [3.8, 4) is 5.88 Å². The number of halogens is 5. The van der Waals surface area contributed by atoms with Gasteiger partial charge in [0, 0.05) is 23.9 Å². The molecule has 0 radical (unpaired) electrons. The summed E-state index contributed by atoms with van der Waals surface area (Å²) in [5.41, 5.74) is 3.78. The third-order valence-corrected chi connectivity index (χ3v) is 5.07. The zero-order valence-corrected chi connectivity index (χ0v) is 17.0. The van der Waals surface area contributed by atoms with Crippen LogP contribution in [0, 0.1) is 5.82 Å². The Kier molecular flexibility index (Phi) is 5.64. The summed E-state index contributed by atoms with van der Waals surface area (Å²) < 4.78 is 78.3. The van der Waals surface area contributed by atoms with Gasteiger partial charge in [-0.1, -0.05) is 0 Å². The van der Waals surface area contributed by atoms with Crippen molar-refractivity contribution in [3.05, 3.63) is 48.0 Å². The van der Waals surface area contributed by atoms with Crippen LogP contribution < -0.4 is 15.8 Å². The maximum Gasteiger partial charge on any atom is 0.425 e. The lowest BCUT2D eigenvalue weighted by atomic mass is 9.84. The SMILES string of the molecule is COc1cnc2c(Nc3ccc(F)c([C@@]4(CF)C[C@H](C(F)(F)F)OC(N)=N4)c3)nccc2n1. The first-order chi connectivity index (χ1) is 15.6.